The van der Waals surface area contributed by atoms with Crippen LogP contribution in [0.3, 0.4) is 0 Å². The number of aliphatic carboxylic acids is 1. The molecule has 454 valence electrons. The van der Waals surface area contributed by atoms with Gasteiger partial charge >= 0.3 is 5.97 Å². The van der Waals surface area contributed by atoms with Crippen molar-refractivity contribution in [1.29, 1.82) is 0 Å². The molecule has 1 rings (SSSR count). The average Bonchev–Trinajstić information content (AvgIpc) is 3.39. The smallest absolute Gasteiger partial charge is 0.303 e. The maximum absolute atomic E-state index is 14.4. The lowest BCUT2D eigenvalue weighted by molar-refractivity contribution is -0.384. The SMILES string of the molecule is CCCCC(NC(=O)C(C)NC(=O)C(CCC(=O)O)NC(=O)[C@H](Cc1ccc([N+](=O)[O-])cc1)NC(=O)[C@H](CC(C)C)NC(=O)[C@@H](NC(=O)[C@H](CCCN=C(N)N)NC(=O)[C@H](C)NC(=O)[C@@H](N)CCCCN)C(C)C)C(=O)NCC(C)=O. The standard InChI is InChI=1S/C52H87N15O14/c1-9-10-15-36(46(74)58-27-30(6)68)61-44(72)32(8)60-47(75)38(21-22-41(69)70)63-50(78)40(26-33-17-19-34(20-18-33)67(80)81)64-49(77)39(25-28(2)3)65-51(79)42(29(4)5)66-48(76)37(16-13-24-57-52(55)56)62-43(71)31(7)59-45(73)35(54)14-11-12-23-53/h17-20,28-29,31-32,35-40,42H,9-16,21-27,53-54H2,1-8H3,(H,58,74)(H,59,73)(H,60,75)(H,61,72)(H,62,71)(H,63,78)(H,64,77)(H,65,79)(H,66,76)(H,69,70)(H4,55,56,57)/t31-,32?,35-,36?,37-,38?,39-,40-,42-/m0/s1. The van der Waals surface area contributed by atoms with Crippen LogP contribution >= 0.6 is 0 Å². The molecule has 1 aromatic rings. The van der Waals surface area contributed by atoms with Crippen LogP contribution in [0.25, 0.3) is 0 Å². The molecule has 0 aliphatic heterocycles. The van der Waals surface area contributed by atoms with Crippen LogP contribution in [-0.2, 0) is 59.2 Å². The number of aliphatic imine (C=N–C) groups is 1. The zero-order valence-corrected chi connectivity index (χ0v) is 47.7. The first kappa shape index (κ1) is 71.2. The van der Waals surface area contributed by atoms with Crippen LogP contribution < -0.4 is 70.8 Å². The number of unbranched alkanes of at least 4 members (excludes halogenated alkanes) is 2. The van der Waals surface area contributed by atoms with Crippen LogP contribution in [0, 0.1) is 22.0 Å². The minimum Gasteiger partial charge on any atom is -0.481 e. The highest BCUT2D eigenvalue weighted by atomic mass is 16.6. The van der Waals surface area contributed by atoms with Gasteiger partial charge in [0.1, 0.15) is 54.1 Å². The van der Waals surface area contributed by atoms with Gasteiger partial charge in [-0.3, -0.25) is 67.8 Å². The summed E-state index contributed by atoms with van der Waals surface area (Å²) in [5, 5.41) is 44.0. The van der Waals surface area contributed by atoms with Crippen molar-refractivity contribution in [3.63, 3.8) is 0 Å². The monoisotopic (exact) mass is 1150 g/mol. The van der Waals surface area contributed by atoms with Crippen molar-refractivity contribution in [3.05, 3.63) is 39.9 Å². The number of carbonyl (C=O) groups excluding carboxylic acids is 10. The lowest BCUT2D eigenvalue weighted by Gasteiger charge is -2.29. The molecule has 0 radical (unpaired) electrons. The highest BCUT2D eigenvalue weighted by Crippen LogP contribution is 2.16. The molecule has 0 bridgehead atoms. The Morgan fingerprint density at radius 3 is 1.62 bits per heavy atom. The molecule has 29 heteroatoms. The first-order chi connectivity index (χ1) is 38.0. The summed E-state index contributed by atoms with van der Waals surface area (Å²) in [6.07, 6.45) is 1.51. The summed E-state index contributed by atoms with van der Waals surface area (Å²) in [4.78, 5) is 161. The van der Waals surface area contributed by atoms with Gasteiger partial charge in [0.2, 0.25) is 53.2 Å². The Labute approximate surface area is 472 Å². The first-order valence-electron chi connectivity index (χ1n) is 27.2. The van der Waals surface area contributed by atoms with Gasteiger partial charge < -0.3 is 75.9 Å². The van der Waals surface area contributed by atoms with E-state index in [4.69, 9.17) is 22.9 Å². The molecule has 0 heterocycles. The highest BCUT2D eigenvalue weighted by Gasteiger charge is 2.36. The number of carboxylic acid groups (broad SMARTS) is 1. The molecule has 0 aliphatic rings. The van der Waals surface area contributed by atoms with E-state index in [1.54, 1.807) is 27.7 Å². The summed E-state index contributed by atoms with van der Waals surface area (Å²) in [6.45, 7) is 12.7. The predicted molar refractivity (Wildman–Crippen MR) is 299 cm³/mol. The van der Waals surface area contributed by atoms with E-state index in [1.807, 2.05) is 6.92 Å². The molecule has 0 spiro atoms. The van der Waals surface area contributed by atoms with Gasteiger partial charge in [0.15, 0.2) is 5.96 Å². The van der Waals surface area contributed by atoms with E-state index < -0.39 is 137 Å². The zero-order valence-electron chi connectivity index (χ0n) is 47.7. The lowest BCUT2D eigenvalue weighted by Crippen LogP contribution is -2.61. The Morgan fingerprint density at radius 1 is 0.605 bits per heavy atom. The molecule has 0 aliphatic carbocycles. The number of Topliss-reactive ketones (excluding diaryl/α,β-unsaturated/α-hetero) is 1. The van der Waals surface area contributed by atoms with Gasteiger partial charge in [-0.1, -0.05) is 66.0 Å². The predicted octanol–water partition coefficient (Wildman–Crippen LogP) is -1.97. The summed E-state index contributed by atoms with van der Waals surface area (Å²) in [5.74, 6) is -10.3. The number of non-ortho nitro benzene ring substituents is 1. The number of carbonyl (C=O) groups is 11. The fourth-order valence-corrected chi connectivity index (χ4v) is 7.82. The number of hydrogen-bond acceptors (Lipinski definition) is 16. The molecular weight excluding hydrogens is 1060 g/mol. The number of nitrogens with zero attached hydrogens (tertiary/aromatic N) is 2. The molecule has 0 aromatic heterocycles. The zero-order chi connectivity index (χ0) is 61.5. The van der Waals surface area contributed by atoms with Crippen LogP contribution in [0.4, 0.5) is 5.69 Å². The minimum atomic E-state index is -1.64. The normalized spacial score (nSPS) is 14.4. The molecule has 0 saturated heterocycles. The van der Waals surface area contributed by atoms with E-state index in [0.29, 0.717) is 38.6 Å². The first-order valence-corrected chi connectivity index (χ1v) is 27.2. The van der Waals surface area contributed by atoms with Crippen molar-refractivity contribution in [3.8, 4) is 0 Å². The third kappa shape index (κ3) is 28.2. The Kier molecular flexibility index (Phi) is 32.7. The van der Waals surface area contributed by atoms with Gasteiger partial charge in [0.25, 0.3) is 5.69 Å². The van der Waals surface area contributed by atoms with Gasteiger partial charge in [-0.2, -0.15) is 0 Å². The third-order valence-corrected chi connectivity index (χ3v) is 12.5. The topological polar surface area (TPSA) is 476 Å². The van der Waals surface area contributed by atoms with E-state index in [0.717, 1.165) is 12.1 Å². The maximum atomic E-state index is 14.4. The van der Waals surface area contributed by atoms with Crippen molar-refractivity contribution in [2.45, 2.75) is 187 Å². The van der Waals surface area contributed by atoms with Crippen LogP contribution in [0.15, 0.2) is 29.3 Å². The molecule has 3 unspecified atom stereocenters. The average molecular weight is 1150 g/mol. The number of nitro groups is 1. The number of rotatable bonds is 39. The second-order valence-corrected chi connectivity index (χ2v) is 20.6. The number of amides is 9. The fraction of sp³-hybridized carbons (Fsp3) is 0.654. The van der Waals surface area contributed by atoms with Crippen LogP contribution in [0.5, 0.6) is 0 Å². The van der Waals surface area contributed by atoms with Crippen molar-refractivity contribution >= 4 is 76.6 Å². The molecule has 9 atom stereocenters. The molecule has 0 fully saturated rings. The number of benzene rings is 1. The second-order valence-electron chi connectivity index (χ2n) is 20.6. The van der Waals surface area contributed by atoms with Crippen LogP contribution in [-0.4, -0.2) is 155 Å². The number of carboxylic acids is 1. The second kappa shape index (κ2) is 37.2. The van der Waals surface area contributed by atoms with Crippen molar-refractivity contribution in [1.82, 2.24) is 47.9 Å². The Balaban J connectivity index is 3.59. The van der Waals surface area contributed by atoms with Gasteiger partial charge in [0.05, 0.1) is 17.5 Å². The lowest BCUT2D eigenvalue weighted by atomic mass is 9.98. The Morgan fingerprint density at radius 2 is 1.10 bits per heavy atom. The van der Waals surface area contributed by atoms with Gasteiger partial charge in [-0.05, 0) is 89.7 Å². The number of nitrogens with two attached hydrogens (primary N) is 4. The summed E-state index contributed by atoms with van der Waals surface area (Å²) < 4.78 is 0. The molecule has 0 saturated carbocycles. The van der Waals surface area contributed by atoms with Crippen molar-refractivity contribution in [2.24, 2.45) is 39.8 Å². The third-order valence-electron chi connectivity index (χ3n) is 12.5. The van der Waals surface area contributed by atoms with Gasteiger partial charge in [0, 0.05) is 31.5 Å². The number of ketones is 1. The van der Waals surface area contributed by atoms with Crippen molar-refractivity contribution < 1.29 is 62.8 Å². The van der Waals surface area contributed by atoms with Crippen molar-refractivity contribution in [2.75, 3.05) is 19.6 Å². The summed E-state index contributed by atoms with van der Waals surface area (Å²) in [6, 6.07) is -6.84. The summed E-state index contributed by atoms with van der Waals surface area (Å²) in [7, 11) is 0. The molecule has 18 N–H and O–H groups in total. The number of hydrogen-bond donors (Lipinski definition) is 14. The Hall–Kier alpha value is -7.82. The van der Waals surface area contributed by atoms with E-state index >= 15 is 0 Å². The fourth-order valence-electron chi connectivity index (χ4n) is 7.82. The molecule has 81 heavy (non-hydrogen) atoms. The maximum Gasteiger partial charge on any atom is 0.303 e. The molecule has 1 aromatic carbocycles. The van der Waals surface area contributed by atoms with E-state index in [1.165, 1.54) is 32.9 Å². The van der Waals surface area contributed by atoms with E-state index in [-0.39, 0.29) is 74.1 Å². The van der Waals surface area contributed by atoms with E-state index in [2.05, 4.69) is 52.8 Å². The molecule has 9 amide bonds. The van der Waals surface area contributed by atoms with Crippen LogP contribution in [0.2, 0.25) is 0 Å². The van der Waals surface area contributed by atoms with Gasteiger partial charge in [-0.15, -0.1) is 0 Å². The number of nitrogens with one attached hydrogen (secondary N) is 9. The largest absolute Gasteiger partial charge is 0.481 e. The minimum absolute atomic E-state index is 0.0342. The molecular formula is C52H87N15O14. The van der Waals surface area contributed by atoms with Crippen LogP contribution in [0.1, 0.15) is 132 Å². The summed E-state index contributed by atoms with van der Waals surface area (Å²) >= 11 is 0. The number of nitro benzene ring substituents is 1. The van der Waals surface area contributed by atoms with E-state index in [9.17, 15) is 68.0 Å². The number of guanidine groups is 1. The quantitative estimate of drug-likeness (QED) is 0.0112. The summed E-state index contributed by atoms with van der Waals surface area (Å²) in [5.41, 5.74) is 22.5. The molecule has 29 nitrogen and oxygen atoms in total. The Bertz CT molecular complexity index is 2330. The highest BCUT2D eigenvalue weighted by molar-refractivity contribution is 5.98. The van der Waals surface area contributed by atoms with Gasteiger partial charge in [-0.25, -0.2) is 0 Å².